The second kappa shape index (κ2) is 6.14. The second-order valence-corrected chi connectivity index (χ2v) is 9.84. The van der Waals surface area contributed by atoms with Crippen molar-refractivity contribution in [3.8, 4) is 0 Å². The van der Waals surface area contributed by atoms with Gasteiger partial charge in [0.25, 0.3) is 0 Å². The van der Waals surface area contributed by atoms with E-state index in [9.17, 15) is 0 Å². The van der Waals surface area contributed by atoms with Crippen molar-refractivity contribution in [1.29, 1.82) is 0 Å². The molecule has 0 heterocycles. The van der Waals surface area contributed by atoms with Crippen LogP contribution in [0.2, 0.25) is 19.6 Å². The molecule has 0 N–H and O–H groups in total. The van der Waals surface area contributed by atoms with Gasteiger partial charge in [-0.1, -0.05) is 0 Å². The fourth-order valence-corrected chi connectivity index (χ4v) is 4.17. The first-order valence-corrected chi connectivity index (χ1v) is 9.23. The van der Waals surface area contributed by atoms with Crippen LogP contribution in [0.15, 0.2) is 0 Å². The maximum atomic E-state index is 5.75. The van der Waals surface area contributed by atoms with E-state index in [0.717, 1.165) is 0 Å². The summed E-state index contributed by atoms with van der Waals surface area (Å²) in [7, 11) is -1.48. The minimum Gasteiger partial charge on any atom is -0.499 e. The third-order valence-electron chi connectivity index (χ3n) is 1.06. The Morgan fingerprint density at radius 1 is 1.00 bits per heavy atom. The first-order chi connectivity index (χ1) is 5.49. The molecule has 0 saturated heterocycles. The van der Waals surface area contributed by atoms with Gasteiger partial charge in [-0.05, 0) is 33.5 Å². The van der Waals surface area contributed by atoms with Gasteiger partial charge >= 0.3 is 15.1 Å². The molecule has 3 nitrogen and oxygen atoms in total. The van der Waals surface area contributed by atoms with Crippen LogP contribution in [0.25, 0.3) is 0 Å². The van der Waals surface area contributed by atoms with Gasteiger partial charge in [-0.15, -0.1) is 0 Å². The Labute approximate surface area is 81.5 Å². The summed E-state index contributed by atoms with van der Waals surface area (Å²) in [5.74, 6) is 0. The molecule has 0 fully saturated rings. The van der Waals surface area contributed by atoms with Crippen LogP contribution in [0.1, 0.15) is 13.8 Å². The van der Waals surface area contributed by atoms with Gasteiger partial charge in [-0.3, -0.25) is 0 Å². The number of hydrogen-bond donors (Lipinski definition) is 0. The summed E-state index contributed by atoms with van der Waals surface area (Å²) in [5, 5.41) is 0. The van der Waals surface area contributed by atoms with E-state index in [-0.39, 0.29) is 0 Å². The lowest BCUT2D eigenvalue weighted by atomic mass is 10.9. The van der Waals surface area contributed by atoms with Gasteiger partial charge in [0.2, 0.25) is 0 Å². The van der Waals surface area contributed by atoms with Crippen molar-refractivity contribution in [1.82, 2.24) is 0 Å². The number of hydrogen-bond acceptors (Lipinski definition) is 3. The molecule has 0 unspecified atom stereocenters. The molecule has 12 heavy (non-hydrogen) atoms. The van der Waals surface area contributed by atoms with E-state index in [1.54, 1.807) is 0 Å². The maximum absolute atomic E-state index is 5.75. The van der Waals surface area contributed by atoms with Crippen molar-refractivity contribution in [3.05, 3.63) is 0 Å². The molecule has 0 aliphatic rings. The van der Waals surface area contributed by atoms with Gasteiger partial charge in [0, 0.05) is 13.2 Å². The van der Waals surface area contributed by atoms with E-state index in [1.165, 1.54) is 0 Å². The summed E-state index contributed by atoms with van der Waals surface area (Å²) < 4.78 is 16.5. The van der Waals surface area contributed by atoms with Crippen LogP contribution < -0.4 is 0 Å². The van der Waals surface area contributed by atoms with Gasteiger partial charge in [0.1, 0.15) is 0 Å². The zero-order valence-electron chi connectivity index (χ0n) is 8.72. The molecular formula is C7H19AlO3Si. The lowest BCUT2D eigenvalue weighted by molar-refractivity contribution is 0.151. The normalized spacial score (nSPS) is 11.8. The van der Waals surface area contributed by atoms with E-state index in [2.05, 4.69) is 19.6 Å². The topological polar surface area (TPSA) is 27.7 Å². The Bertz CT molecular complexity index is 110. The summed E-state index contributed by atoms with van der Waals surface area (Å²) in [6.45, 7) is 11.7. The summed E-state index contributed by atoms with van der Waals surface area (Å²) in [4.78, 5) is 0. The predicted molar refractivity (Wildman–Crippen MR) is 53.4 cm³/mol. The van der Waals surface area contributed by atoms with Gasteiger partial charge in [0.05, 0.1) is 0 Å². The molecule has 0 atom stereocenters. The minimum atomic E-state index is -1.80. The van der Waals surface area contributed by atoms with Crippen molar-refractivity contribution in [3.63, 3.8) is 0 Å². The smallest absolute Gasteiger partial charge is 0.499 e. The Hall–Kier alpha value is 0.629. The highest BCUT2D eigenvalue weighted by Gasteiger charge is 2.35. The molecule has 0 aliphatic heterocycles. The van der Waals surface area contributed by atoms with Gasteiger partial charge in [-0.25, -0.2) is 0 Å². The fourth-order valence-electron chi connectivity index (χ4n) is 0.677. The molecule has 0 aromatic rings. The Morgan fingerprint density at radius 2 is 1.42 bits per heavy atom. The van der Waals surface area contributed by atoms with E-state index in [0.29, 0.717) is 13.2 Å². The molecule has 0 aromatic heterocycles. The van der Waals surface area contributed by atoms with E-state index in [1.807, 2.05) is 13.8 Å². The highest BCUT2D eigenvalue weighted by Crippen LogP contribution is 2.06. The average molecular weight is 206 g/mol. The van der Waals surface area contributed by atoms with Crippen LogP contribution in [0.3, 0.4) is 0 Å². The van der Waals surface area contributed by atoms with E-state index < -0.39 is 23.5 Å². The van der Waals surface area contributed by atoms with E-state index >= 15 is 0 Å². The third kappa shape index (κ3) is 7.29. The van der Waals surface area contributed by atoms with Crippen LogP contribution in [0.4, 0.5) is 0 Å². The molecule has 0 aromatic carbocycles. The second-order valence-electron chi connectivity index (χ2n) is 3.43. The SMILES string of the molecule is CC[O][Al]([O]CC)[O][Si](C)(C)C. The van der Waals surface area contributed by atoms with Crippen LogP contribution in [0, 0.1) is 0 Å². The minimum absolute atomic E-state index is 0.682. The highest BCUT2D eigenvalue weighted by atomic mass is 28.4. The Kier molecular flexibility index (Phi) is 6.46. The zero-order valence-corrected chi connectivity index (χ0v) is 10.9. The summed E-state index contributed by atoms with van der Waals surface area (Å²) >= 11 is -1.80. The molecule has 0 rings (SSSR count). The molecule has 5 heteroatoms. The molecule has 0 bridgehead atoms. The van der Waals surface area contributed by atoms with Gasteiger partial charge < -0.3 is 11.1 Å². The molecule has 0 aliphatic carbocycles. The molecule has 0 saturated carbocycles. The molecule has 0 amide bonds. The lowest BCUT2D eigenvalue weighted by Gasteiger charge is -2.21. The summed E-state index contributed by atoms with van der Waals surface area (Å²) in [6, 6.07) is 0. The van der Waals surface area contributed by atoms with Crippen LogP contribution in [-0.2, 0) is 11.1 Å². The van der Waals surface area contributed by atoms with Crippen molar-refractivity contribution in [2.24, 2.45) is 0 Å². The summed E-state index contributed by atoms with van der Waals surface area (Å²) in [6.07, 6.45) is 0. The van der Waals surface area contributed by atoms with Gasteiger partial charge in [-0.2, -0.15) is 0 Å². The Morgan fingerprint density at radius 3 is 1.67 bits per heavy atom. The number of rotatable bonds is 6. The molecule has 0 spiro atoms. The lowest BCUT2D eigenvalue weighted by Crippen LogP contribution is -2.39. The standard InChI is InChI=1S/C3H9OSi.2C2H5O.Al/c1-5(2,3)4;2*1-2-3;/h1-3H3;2*2H2,1H3;/q3*-1;+3. The largest absolute Gasteiger partial charge is 0.894 e. The fraction of sp³-hybridized carbons (Fsp3) is 1.00. The average Bonchev–Trinajstić information content (AvgIpc) is 1.84. The quantitative estimate of drug-likeness (QED) is 0.621. The van der Waals surface area contributed by atoms with Crippen molar-refractivity contribution < 1.29 is 11.1 Å². The Balaban J connectivity index is 3.77. The highest BCUT2D eigenvalue weighted by molar-refractivity contribution is 6.74. The zero-order chi connectivity index (χ0) is 9.61. The maximum Gasteiger partial charge on any atom is 0.894 e. The molecule has 72 valence electrons. The van der Waals surface area contributed by atoms with Crippen molar-refractivity contribution >= 4 is 23.5 Å². The van der Waals surface area contributed by atoms with Crippen LogP contribution in [-0.4, -0.2) is 36.7 Å². The van der Waals surface area contributed by atoms with E-state index in [4.69, 9.17) is 11.1 Å². The molecule has 0 radical (unpaired) electrons. The van der Waals surface area contributed by atoms with Gasteiger partial charge in [0.15, 0.2) is 8.32 Å². The monoisotopic (exact) mass is 206 g/mol. The first kappa shape index (κ1) is 12.6. The van der Waals surface area contributed by atoms with Crippen LogP contribution >= 0.6 is 0 Å². The third-order valence-corrected chi connectivity index (χ3v) is 5.86. The van der Waals surface area contributed by atoms with Crippen LogP contribution in [0.5, 0.6) is 0 Å². The predicted octanol–water partition coefficient (Wildman–Crippen LogP) is 1.90. The van der Waals surface area contributed by atoms with Crippen molar-refractivity contribution in [2.45, 2.75) is 33.5 Å². The first-order valence-electron chi connectivity index (χ1n) is 4.40. The van der Waals surface area contributed by atoms with Crippen molar-refractivity contribution in [2.75, 3.05) is 13.2 Å². The molecular weight excluding hydrogens is 187 g/mol. The summed E-state index contributed by atoms with van der Waals surface area (Å²) in [5.41, 5.74) is 0.